The lowest BCUT2D eigenvalue weighted by atomic mass is 9.99. The Balaban J connectivity index is 1.93. The summed E-state index contributed by atoms with van der Waals surface area (Å²) in [4.78, 5) is 48.4. The molecule has 178 valence electrons. The Bertz CT molecular complexity index is 1170. The fourth-order valence-electron chi connectivity index (χ4n) is 3.99. The van der Waals surface area contributed by atoms with Crippen LogP contribution in [0.1, 0.15) is 67.6 Å². The number of aromatic amines is 1. The fourth-order valence-corrected chi connectivity index (χ4v) is 3.99. The summed E-state index contributed by atoms with van der Waals surface area (Å²) >= 11 is 0. The van der Waals surface area contributed by atoms with E-state index in [4.69, 9.17) is 4.74 Å². The molecule has 2 heterocycles. The van der Waals surface area contributed by atoms with Crippen molar-refractivity contribution in [2.45, 2.75) is 47.1 Å². The maximum atomic E-state index is 13.6. The summed E-state index contributed by atoms with van der Waals surface area (Å²) < 4.78 is 5.11. The van der Waals surface area contributed by atoms with Gasteiger partial charge in [-0.15, -0.1) is 0 Å². The molecular formula is C27H31N3O4. The van der Waals surface area contributed by atoms with Crippen LogP contribution in [-0.4, -0.2) is 51.7 Å². The van der Waals surface area contributed by atoms with Crippen LogP contribution in [0.5, 0.6) is 0 Å². The standard InChI is InChI=1S/C27H31N3O4/c1-6-34-27(33)24-18(3)23(19(4)29-24)25(31)20(5)30(16-14-22-9-7-8-15-28-22)26(32)21-12-10-17(2)11-13-21/h7-13,15,20,29H,6,14,16H2,1-5H3. The average molecular weight is 462 g/mol. The molecule has 1 atom stereocenters. The van der Waals surface area contributed by atoms with Gasteiger partial charge in [-0.05, 0) is 64.4 Å². The third-order valence-electron chi connectivity index (χ3n) is 5.90. The number of nitrogens with zero attached hydrogens (tertiary/aromatic N) is 2. The van der Waals surface area contributed by atoms with Crippen molar-refractivity contribution in [2.75, 3.05) is 13.2 Å². The van der Waals surface area contributed by atoms with Crippen molar-refractivity contribution in [3.05, 3.63) is 88.0 Å². The molecule has 7 nitrogen and oxygen atoms in total. The number of rotatable bonds is 9. The summed E-state index contributed by atoms with van der Waals surface area (Å²) in [5.41, 5.74) is 4.18. The third kappa shape index (κ3) is 5.42. The second-order valence-electron chi connectivity index (χ2n) is 8.32. The Morgan fingerprint density at radius 3 is 2.38 bits per heavy atom. The molecule has 1 amide bonds. The van der Waals surface area contributed by atoms with Crippen LogP contribution in [0.15, 0.2) is 48.7 Å². The van der Waals surface area contributed by atoms with Crippen molar-refractivity contribution < 1.29 is 19.1 Å². The van der Waals surface area contributed by atoms with E-state index in [1.165, 1.54) is 0 Å². The number of amides is 1. The zero-order valence-electron chi connectivity index (χ0n) is 20.3. The summed E-state index contributed by atoms with van der Waals surface area (Å²) in [7, 11) is 0. The number of ether oxygens (including phenoxy) is 1. The van der Waals surface area contributed by atoms with E-state index in [0.717, 1.165) is 11.3 Å². The van der Waals surface area contributed by atoms with E-state index in [9.17, 15) is 14.4 Å². The molecule has 3 aromatic rings. The molecule has 1 aromatic carbocycles. The maximum absolute atomic E-state index is 13.6. The van der Waals surface area contributed by atoms with Crippen molar-refractivity contribution in [3.8, 4) is 0 Å². The molecule has 0 aliphatic rings. The van der Waals surface area contributed by atoms with Crippen molar-refractivity contribution in [2.24, 2.45) is 0 Å². The van der Waals surface area contributed by atoms with Crippen molar-refractivity contribution in [1.29, 1.82) is 0 Å². The predicted octanol–water partition coefficient (Wildman–Crippen LogP) is 4.47. The number of carbonyl (C=O) groups excluding carboxylic acids is 3. The molecule has 0 fully saturated rings. The molecule has 0 bridgehead atoms. The number of Topliss-reactive ketones (excluding diaryl/α,β-unsaturated/α-hetero) is 1. The van der Waals surface area contributed by atoms with Gasteiger partial charge < -0.3 is 14.6 Å². The summed E-state index contributed by atoms with van der Waals surface area (Å²) in [5, 5.41) is 0. The Kier molecular flexibility index (Phi) is 7.99. The average Bonchev–Trinajstić information content (AvgIpc) is 3.13. The van der Waals surface area contributed by atoms with Gasteiger partial charge in [0, 0.05) is 41.7 Å². The number of nitrogens with one attached hydrogen (secondary N) is 1. The fraction of sp³-hybridized carbons (Fsp3) is 0.333. The summed E-state index contributed by atoms with van der Waals surface area (Å²) in [5.74, 6) is -0.964. The van der Waals surface area contributed by atoms with E-state index < -0.39 is 12.0 Å². The Morgan fingerprint density at radius 1 is 1.06 bits per heavy atom. The number of carbonyl (C=O) groups is 3. The number of aromatic nitrogens is 2. The molecule has 1 N–H and O–H groups in total. The summed E-state index contributed by atoms with van der Waals surface area (Å²) in [6, 6.07) is 12.2. The second kappa shape index (κ2) is 10.9. The lowest BCUT2D eigenvalue weighted by Gasteiger charge is -2.29. The number of H-pyrrole nitrogens is 1. The molecule has 0 aliphatic carbocycles. The number of ketones is 1. The van der Waals surface area contributed by atoms with E-state index in [-0.39, 0.29) is 24.0 Å². The predicted molar refractivity (Wildman–Crippen MR) is 130 cm³/mol. The molecule has 2 aromatic heterocycles. The molecular weight excluding hydrogens is 430 g/mol. The van der Waals surface area contributed by atoms with E-state index >= 15 is 0 Å². The van der Waals surface area contributed by atoms with Gasteiger partial charge in [0.1, 0.15) is 5.69 Å². The van der Waals surface area contributed by atoms with Crippen LogP contribution < -0.4 is 0 Å². The first-order valence-electron chi connectivity index (χ1n) is 11.4. The first kappa shape index (κ1) is 24.9. The highest BCUT2D eigenvalue weighted by molar-refractivity contribution is 6.07. The maximum Gasteiger partial charge on any atom is 0.355 e. The van der Waals surface area contributed by atoms with Gasteiger partial charge in [-0.3, -0.25) is 14.6 Å². The van der Waals surface area contributed by atoms with Crippen LogP contribution in [0, 0.1) is 20.8 Å². The number of benzene rings is 1. The van der Waals surface area contributed by atoms with Crippen LogP contribution >= 0.6 is 0 Å². The van der Waals surface area contributed by atoms with E-state index in [1.807, 2.05) is 37.3 Å². The van der Waals surface area contributed by atoms with Gasteiger partial charge in [-0.25, -0.2) is 4.79 Å². The molecule has 0 radical (unpaired) electrons. The molecule has 7 heteroatoms. The van der Waals surface area contributed by atoms with Crippen LogP contribution in [0.3, 0.4) is 0 Å². The molecule has 0 spiro atoms. The number of pyridine rings is 1. The highest BCUT2D eigenvalue weighted by atomic mass is 16.5. The van der Waals surface area contributed by atoms with E-state index in [0.29, 0.717) is 35.3 Å². The van der Waals surface area contributed by atoms with Gasteiger partial charge in [0.25, 0.3) is 5.91 Å². The van der Waals surface area contributed by atoms with E-state index in [1.54, 1.807) is 50.9 Å². The van der Waals surface area contributed by atoms with Gasteiger partial charge >= 0.3 is 5.97 Å². The van der Waals surface area contributed by atoms with Crippen molar-refractivity contribution in [3.63, 3.8) is 0 Å². The molecule has 34 heavy (non-hydrogen) atoms. The quantitative estimate of drug-likeness (QED) is 0.375. The summed E-state index contributed by atoms with van der Waals surface area (Å²) in [6.45, 7) is 9.44. The number of esters is 1. The SMILES string of the molecule is CCOC(=O)c1[nH]c(C)c(C(=O)C(C)N(CCc2ccccn2)C(=O)c2ccc(C)cc2)c1C. The molecule has 3 rings (SSSR count). The van der Waals surface area contributed by atoms with Gasteiger partial charge in [0.15, 0.2) is 5.78 Å². The number of hydrogen-bond donors (Lipinski definition) is 1. The zero-order chi connectivity index (χ0) is 24.8. The minimum Gasteiger partial charge on any atom is -0.461 e. The largest absolute Gasteiger partial charge is 0.461 e. The number of hydrogen-bond acceptors (Lipinski definition) is 5. The normalized spacial score (nSPS) is 11.7. The molecule has 0 saturated carbocycles. The monoisotopic (exact) mass is 461 g/mol. The van der Waals surface area contributed by atoms with Gasteiger partial charge in [0.05, 0.1) is 12.6 Å². The first-order valence-corrected chi connectivity index (χ1v) is 11.4. The minimum atomic E-state index is -0.749. The minimum absolute atomic E-state index is 0.228. The summed E-state index contributed by atoms with van der Waals surface area (Å²) in [6.07, 6.45) is 2.22. The molecule has 1 unspecified atom stereocenters. The van der Waals surface area contributed by atoms with Crippen molar-refractivity contribution >= 4 is 17.7 Å². The van der Waals surface area contributed by atoms with Gasteiger partial charge in [-0.2, -0.15) is 0 Å². The molecule has 0 saturated heterocycles. The Morgan fingerprint density at radius 2 is 1.76 bits per heavy atom. The third-order valence-corrected chi connectivity index (χ3v) is 5.90. The van der Waals surface area contributed by atoms with Crippen LogP contribution in [0.4, 0.5) is 0 Å². The zero-order valence-corrected chi connectivity index (χ0v) is 20.3. The highest BCUT2D eigenvalue weighted by Gasteiger charge is 2.31. The van der Waals surface area contributed by atoms with Gasteiger partial charge in [0.2, 0.25) is 0 Å². The smallest absolute Gasteiger partial charge is 0.355 e. The van der Waals surface area contributed by atoms with Gasteiger partial charge in [-0.1, -0.05) is 23.8 Å². The lowest BCUT2D eigenvalue weighted by molar-refractivity contribution is 0.0518. The second-order valence-corrected chi connectivity index (χ2v) is 8.32. The first-order chi connectivity index (χ1) is 16.2. The van der Waals surface area contributed by atoms with Crippen LogP contribution in [0.2, 0.25) is 0 Å². The number of aryl methyl sites for hydroxylation is 2. The Hall–Kier alpha value is -3.74. The van der Waals surface area contributed by atoms with Crippen molar-refractivity contribution in [1.82, 2.24) is 14.9 Å². The van der Waals surface area contributed by atoms with Crippen LogP contribution in [0.25, 0.3) is 0 Å². The lowest BCUT2D eigenvalue weighted by Crippen LogP contribution is -2.44. The Labute approximate surface area is 200 Å². The van der Waals surface area contributed by atoms with E-state index in [2.05, 4.69) is 9.97 Å². The topological polar surface area (TPSA) is 92.4 Å². The molecule has 0 aliphatic heterocycles. The highest BCUT2D eigenvalue weighted by Crippen LogP contribution is 2.23. The van der Waals surface area contributed by atoms with Crippen LogP contribution in [-0.2, 0) is 11.2 Å².